The van der Waals surface area contributed by atoms with Crippen molar-refractivity contribution in [1.29, 1.82) is 0 Å². The van der Waals surface area contributed by atoms with Crippen LogP contribution in [0.1, 0.15) is 38.8 Å². The molecule has 100 valence electrons. The van der Waals surface area contributed by atoms with Crippen LogP contribution >= 0.6 is 11.6 Å². The molecule has 0 amide bonds. The third kappa shape index (κ3) is 4.00. The second kappa shape index (κ2) is 7.39. The number of carbonyl (C=O) groups is 1. The molecule has 0 radical (unpaired) electrons. The number of halogens is 1. The van der Waals surface area contributed by atoms with E-state index >= 15 is 0 Å². The molecular formula is C14H20ClNO2. The average molecular weight is 270 g/mol. The number of benzene rings is 1. The van der Waals surface area contributed by atoms with Crippen LogP contribution in [-0.4, -0.2) is 18.6 Å². The third-order valence-corrected chi connectivity index (χ3v) is 3.15. The van der Waals surface area contributed by atoms with E-state index in [2.05, 4.69) is 5.32 Å². The molecule has 1 unspecified atom stereocenters. The summed E-state index contributed by atoms with van der Waals surface area (Å²) in [6.45, 7) is 6.15. The molecule has 1 aromatic rings. The standard InChI is InChI=1S/C14H20ClNO2/c1-4-13(14(17)18-5-2)16-10(3)11-8-6-7-9-12(11)15/h6-10,13,16H,4-5H2,1-3H3/t10-,13?/m1/s1. The smallest absolute Gasteiger partial charge is 0.323 e. The van der Waals surface area contributed by atoms with E-state index in [0.29, 0.717) is 18.1 Å². The van der Waals surface area contributed by atoms with Gasteiger partial charge in [0.2, 0.25) is 0 Å². The van der Waals surface area contributed by atoms with Crippen molar-refractivity contribution in [3.05, 3.63) is 34.9 Å². The average Bonchev–Trinajstić information content (AvgIpc) is 2.36. The van der Waals surface area contributed by atoms with E-state index in [1.807, 2.05) is 45.0 Å². The Morgan fingerprint density at radius 3 is 2.61 bits per heavy atom. The minimum atomic E-state index is -0.295. The van der Waals surface area contributed by atoms with Gasteiger partial charge in [-0.3, -0.25) is 10.1 Å². The van der Waals surface area contributed by atoms with Crippen LogP contribution in [0.15, 0.2) is 24.3 Å². The predicted octanol–water partition coefficient (Wildman–Crippen LogP) is 3.33. The summed E-state index contributed by atoms with van der Waals surface area (Å²) >= 11 is 6.13. The number of hydrogen-bond acceptors (Lipinski definition) is 3. The number of esters is 1. The highest BCUT2D eigenvalue weighted by Crippen LogP contribution is 2.22. The molecule has 2 atom stereocenters. The van der Waals surface area contributed by atoms with Gasteiger partial charge in [0, 0.05) is 11.1 Å². The molecule has 1 rings (SSSR count). The lowest BCUT2D eigenvalue weighted by atomic mass is 10.1. The van der Waals surface area contributed by atoms with Crippen LogP contribution in [0.5, 0.6) is 0 Å². The molecule has 0 saturated carbocycles. The Labute approximate surface area is 113 Å². The lowest BCUT2D eigenvalue weighted by Gasteiger charge is -2.21. The normalized spacial score (nSPS) is 14.0. The van der Waals surface area contributed by atoms with Crippen molar-refractivity contribution >= 4 is 17.6 Å². The number of nitrogens with one attached hydrogen (secondary N) is 1. The Kier molecular flexibility index (Phi) is 6.16. The lowest BCUT2D eigenvalue weighted by Crippen LogP contribution is -2.39. The highest BCUT2D eigenvalue weighted by atomic mass is 35.5. The fourth-order valence-electron chi connectivity index (χ4n) is 1.81. The van der Waals surface area contributed by atoms with Crippen LogP contribution in [-0.2, 0) is 9.53 Å². The maximum absolute atomic E-state index is 11.7. The third-order valence-electron chi connectivity index (χ3n) is 2.80. The molecule has 0 heterocycles. The van der Waals surface area contributed by atoms with Gasteiger partial charge in [0.15, 0.2) is 0 Å². The Hall–Kier alpha value is -1.06. The fraction of sp³-hybridized carbons (Fsp3) is 0.500. The first-order valence-electron chi connectivity index (χ1n) is 6.27. The van der Waals surface area contributed by atoms with Gasteiger partial charge >= 0.3 is 5.97 Å². The molecule has 0 spiro atoms. The van der Waals surface area contributed by atoms with Crippen molar-refractivity contribution in [2.24, 2.45) is 0 Å². The van der Waals surface area contributed by atoms with Crippen LogP contribution < -0.4 is 5.32 Å². The summed E-state index contributed by atoms with van der Waals surface area (Å²) in [5, 5.41) is 3.95. The first kappa shape index (κ1) is 15.0. The van der Waals surface area contributed by atoms with Crippen molar-refractivity contribution in [2.75, 3.05) is 6.61 Å². The summed E-state index contributed by atoms with van der Waals surface area (Å²) < 4.78 is 5.03. The highest BCUT2D eigenvalue weighted by Gasteiger charge is 2.20. The first-order chi connectivity index (χ1) is 8.60. The molecule has 0 aliphatic rings. The Bertz CT molecular complexity index is 395. The summed E-state index contributed by atoms with van der Waals surface area (Å²) in [4.78, 5) is 11.7. The largest absolute Gasteiger partial charge is 0.465 e. The topological polar surface area (TPSA) is 38.3 Å². The maximum atomic E-state index is 11.7. The first-order valence-corrected chi connectivity index (χ1v) is 6.65. The molecule has 0 aliphatic heterocycles. The second-order valence-electron chi connectivity index (χ2n) is 4.12. The zero-order valence-corrected chi connectivity index (χ0v) is 11.8. The molecule has 4 heteroatoms. The van der Waals surface area contributed by atoms with Crippen molar-refractivity contribution in [3.63, 3.8) is 0 Å². The SMILES string of the molecule is CCOC(=O)C(CC)N[C@H](C)c1ccccc1Cl. The second-order valence-corrected chi connectivity index (χ2v) is 4.53. The molecule has 18 heavy (non-hydrogen) atoms. The quantitative estimate of drug-likeness (QED) is 0.805. The zero-order valence-electron chi connectivity index (χ0n) is 11.1. The summed E-state index contributed by atoms with van der Waals surface area (Å²) in [5.74, 6) is -0.209. The maximum Gasteiger partial charge on any atom is 0.323 e. The van der Waals surface area contributed by atoms with Crippen molar-refractivity contribution < 1.29 is 9.53 Å². The summed E-state index contributed by atoms with van der Waals surface area (Å²) in [6, 6.07) is 7.34. The van der Waals surface area contributed by atoms with Gasteiger partial charge in [-0.1, -0.05) is 36.7 Å². The van der Waals surface area contributed by atoms with E-state index in [4.69, 9.17) is 16.3 Å². The molecule has 0 saturated heterocycles. The minimum absolute atomic E-state index is 0.00746. The monoisotopic (exact) mass is 269 g/mol. The van der Waals surface area contributed by atoms with Gasteiger partial charge in [-0.25, -0.2) is 0 Å². The van der Waals surface area contributed by atoms with E-state index in [0.717, 1.165) is 5.56 Å². The molecular weight excluding hydrogens is 250 g/mol. The fourth-order valence-corrected chi connectivity index (χ4v) is 2.11. The van der Waals surface area contributed by atoms with Gasteiger partial charge in [-0.15, -0.1) is 0 Å². The van der Waals surface area contributed by atoms with Crippen molar-refractivity contribution in [1.82, 2.24) is 5.32 Å². The Balaban J connectivity index is 2.70. The number of hydrogen-bond donors (Lipinski definition) is 1. The van der Waals surface area contributed by atoms with Crippen LogP contribution in [0, 0.1) is 0 Å². The minimum Gasteiger partial charge on any atom is -0.465 e. The van der Waals surface area contributed by atoms with Crippen LogP contribution in [0.25, 0.3) is 0 Å². The molecule has 0 aromatic heterocycles. The van der Waals surface area contributed by atoms with Crippen LogP contribution in [0.4, 0.5) is 0 Å². The number of rotatable bonds is 6. The van der Waals surface area contributed by atoms with Crippen molar-refractivity contribution in [2.45, 2.75) is 39.3 Å². The van der Waals surface area contributed by atoms with Gasteiger partial charge in [-0.05, 0) is 31.9 Å². The van der Waals surface area contributed by atoms with Gasteiger partial charge in [0.25, 0.3) is 0 Å². The number of ether oxygens (including phenoxy) is 1. The van der Waals surface area contributed by atoms with E-state index in [9.17, 15) is 4.79 Å². The van der Waals surface area contributed by atoms with Crippen molar-refractivity contribution in [3.8, 4) is 0 Å². The Morgan fingerprint density at radius 1 is 1.39 bits per heavy atom. The lowest BCUT2D eigenvalue weighted by molar-refractivity contribution is -0.145. The van der Waals surface area contributed by atoms with Crippen LogP contribution in [0.2, 0.25) is 5.02 Å². The molecule has 3 nitrogen and oxygen atoms in total. The molecule has 1 aromatic carbocycles. The van der Waals surface area contributed by atoms with E-state index in [-0.39, 0.29) is 18.1 Å². The summed E-state index contributed by atoms with van der Waals surface area (Å²) in [7, 11) is 0. The molecule has 0 fully saturated rings. The van der Waals surface area contributed by atoms with Gasteiger partial charge < -0.3 is 4.74 Å². The van der Waals surface area contributed by atoms with E-state index < -0.39 is 0 Å². The summed E-state index contributed by atoms with van der Waals surface area (Å²) in [5.41, 5.74) is 0.988. The van der Waals surface area contributed by atoms with E-state index in [1.165, 1.54) is 0 Å². The van der Waals surface area contributed by atoms with Gasteiger partial charge in [0.05, 0.1) is 6.61 Å². The predicted molar refractivity (Wildman–Crippen MR) is 73.7 cm³/mol. The number of carbonyl (C=O) groups excluding carboxylic acids is 1. The van der Waals surface area contributed by atoms with Gasteiger partial charge in [-0.2, -0.15) is 0 Å². The molecule has 1 N–H and O–H groups in total. The highest BCUT2D eigenvalue weighted by molar-refractivity contribution is 6.31. The molecule has 0 aliphatic carbocycles. The summed E-state index contributed by atoms with van der Waals surface area (Å²) in [6.07, 6.45) is 0.688. The van der Waals surface area contributed by atoms with E-state index in [1.54, 1.807) is 0 Å². The molecule has 0 bridgehead atoms. The zero-order chi connectivity index (χ0) is 13.5. The van der Waals surface area contributed by atoms with Gasteiger partial charge in [0.1, 0.15) is 6.04 Å². The Morgan fingerprint density at radius 2 is 2.06 bits per heavy atom. The van der Waals surface area contributed by atoms with Crippen LogP contribution in [0.3, 0.4) is 0 Å².